The minimum Gasteiger partial charge on any atom is -0.394 e. The van der Waals surface area contributed by atoms with E-state index in [2.05, 4.69) is 6.92 Å². The van der Waals surface area contributed by atoms with Crippen molar-refractivity contribution < 1.29 is 32.8 Å². The number of unbranched alkanes of at least 4 members (excludes halogenated alkanes) is 15. The molecule has 206 valence electrons. The van der Waals surface area contributed by atoms with Crippen molar-refractivity contribution in [3.8, 4) is 0 Å². The molecule has 8 heteroatoms. The van der Waals surface area contributed by atoms with Gasteiger partial charge in [-0.2, -0.15) is 0 Å². The third kappa shape index (κ3) is 25.1. The van der Waals surface area contributed by atoms with Gasteiger partial charge in [0, 0.05) is 6.61 Å². The molecule has 2 atom stereocenters. The van der Waals surface area contributed by atoms with Crippen molar-refractivity contribution >= 4 is 7.82 Å². The molecule has 0 aromatic rings. The molecule has 7 nitrogen and oxygen atoms in total. The highest BCUT2D eigenvalue weighted by Gasteiger charge is 2.27. The van der Waals surface area contributed by atoms with Crippen LogP contribution in [0.1, 0.15) is 110 Å². The summed E-state index contributed by atoms with van der Waals surface area (Å²) in [5.41, 5.74) is 0. The van der Waals surface area contributed by atoms with E-state index in [4.69, 9.17) is 13.8 Å². The highest BCUT2D eigenvalue weighted by atomic mass is 31.2. The molecule has 0 saturated carbocycles. The van der Waals surface area contributed by atoms with Crippen molar-refractivity contribution in [2.75, 3.05) is 54.1 Å². The summed E-state index contributed by atoms with van der Waals surface area (Å²) in [5, 5.41) is 9.39. The number of quaternary nitrogens is 1. The largest absolute Gasteiger partial charge is 0.472 e. The number of hydrogen-bond donors (Lipinski definition) is 2. The standard InChI is InChI=1S/C26H56NO6P/c1-5-6-7-8-9-10-11-12-13-14-15-16-17-18-19-20-22-31-25-26(24-28)33-34(29,30)32-23-21-27(2,3)4/h26,28H,5-25H2,1-4H3/p+1/t26-/m0/s1. The van der Waals surface area contributed by atoms with E-state index in [0.29, 0.717) is 17.6 Å². The number of phosphoric ester groups is 1. The average molecular weight is 511 g/mol. The maximum atomic E-state index is 12.0. The van der Waals surface area contributed by atoms with Crippen LogP contribution in [-0.2, 0) is 18.3 Å². The van der Waals surface area contributed by atoms with Gasteiger partial charge in [-0.25, -0.2) is 4.57 Å². The Morgan fingerprint density at radius 3 is 1.59 bits per heavy atom. The summed E-state index contributed by atoms with van der Waals surface area (Å²) >= 11 is 0. The summed E-state index contributed by atoms with van der Waals surface area (Å²) in [4.78, 5) is 9.80. The zero-order valence-corrected chi connectivity index (χ0v) is 23.7. The molecule has 34 heavy (non-hydrogen) atoms. The highest BCUT2D eigenvalue weighted by molar-refractivity contribution is 7.47. The third-order valence-electron chi connectivity index (χ3n) is 5.95. The second-order valence-electron chi connectivity index (χ2n) is 10.6. The first-order chi connectivity index (χ1) is 16.2. The maximum absolute atomic E-state index is 12.0. The first kappa shape index (κ1) is 34.0. The van der Waals surface area contributed by atoms with Gasteiger partial charge in [-0.3, -0.25) is 9.05 Å². The molecule has 0 aliphatic rings. The van der Waals surface area contributed by atoms with Crippen LogP contribution in [0.5, 0.6) is 0 Å². The van der Waals surface area contributed by atoms with E-state index in [1.165, 1.54) is 89.9 Å². The fourth-order valence-corrected chi connectivity index (χ4v) is 4.61. The maximum Gasteiger partial charge on any atom is 0.472 e. The van der Waals surface area contributed by atoms with Crippen LogP contribution in [0.15, 0.2) is 0 Å². The molecule has 0 saturated heterocycles. The van der Waals surface area contributed by atoms with Gasteiger partial charge in [0.15, 0.2) is 0 Å². The van der Waals surface area contributed by atoms with Crippen LogP contribution in [-0.4, -0.2) is 74.7 Å². The Morgan fingerprint density at radius 1 is 0.735 bits per heavy atom. The fourth-order valence-electron chi connectivity index (χ4n) is 3.73. The van der Waals surface area contributed by atoms with Crippen molar-refractivity contribution in [3.63, 3.8) is 0 Å². The smallest absolute Gasteiger partial charge is 0.394 e. The van der Waals surface area contributed by atoms with E-state index >= 15 is 0 Å². The minimum absolute atomic E-state index is 0.0818. The van der Waals surface area contributed by atoms with Gasteiger partial charge in [0.1, 0.15) is 19.3 Å². The Bertz CT molecular complexity index is 486. The van der Waals surface area contributed by atoms with Crippen LogP contribution >= 0.6 is 7.82 Å². The monoisotopic (exact) mass is 510 g/mol. The van der Waals surface area contributed by atoms with Crippen LogP contribution in [0, 0.1) is 0 Å². The lowest BCUT2D eigenvalue weighted by Crippen LogP contribution is -2.37. The van der Waals surface area contributed by atoms with Crippen molar-refractivity contribution in [1.29, 1.82) is 0 Å². The predicted octanol–water partition coefficient (Wildman–Crippen LogP) is 6.47. The molecule has 0 aliphatic carbocycles. The number of rotatable bonds is 26. The Hall–Kier alpha value is -0.0100. The van der Waals surface area contributed by atoms with Crippen molar-refractivity contribution in [2.24, 2.45) is 0 Å². The normalized spacial score (nSPS) is 14.9. The zero-order chi connectivity index (χ0) is 25.5. The molecule has 0 spiro atoms. The first-order valence-corrected chi connectivity index (χ1v) is 15.3. The summed E-state index contributed by atoms with van der Waals surface area (Å²) in [6, 6.07) is 0. The van der Waals surface area contributed by atoms with E-state index in [9.17, 15) is 14.6 Å². The number of likely N-dealkylation sites (N-methyl/N-ethyl adjacent to an activating group) is 1. The van der Waals surface area contributed by atoms with Gasteiger partial charge in [-0.05, 0) is 6.42 Å². The molecular weight excluding hydrogens is 453 g/mol. The zero-order valence-electron chi connectivity index (χ0n) is 22.8. The lowest BCUT2D eigenvalue weighted by atomic mass is 10.0. The van der Waals surface area contributed by atoms with Crippen LogP contribution in [0.2, 0.25) is 0 Å². The van der Waals surface area contributed by atoms with Crippen molar-refractivity contribution in [3.05, 3.63) is 0 Å². The second kappa shape index (κ2) is 22.2. The molecule has 2 N–H and O–H groups in total. The number of aliphatic hydroxyl groups excluding tert-OH is 1. The molecule has 0 amide bonds. The summed E-state index contributed by atoms with van der Waals surface area (Å²) < 4.78 is 28.2. The van der Waals surface area contributed by atoms with E-state index in [1.54, 1.807) is 0 Å². The molecule has 0 rings (SSSR count). The summed E-state index contributed by atoms with van der Waals surface area (Å²) in [6.07, 6.45) is 20.3. The summed E-state index contributed by atoms with van der Waals surface area (Å²) in [5.74, 6) is 0. The van der Waals surface area contributed by atoms with Gasteiger partial charge in [0.2, 0.25) is 0 Å². The average Bonchev–Trinajstić information content (AvgIpc) is 2.76. The molecule has 0 bridgehead atoms. The van der Waals surface area contributed by atoms with Gasteiger partial charge in [0.05, 0.1) is 34.4 Å². The van der Waals surface area contributed by atoms with Gasteiger partial charge in [-0.1, -0.05) is 103 Å². The second-order valence-corrected chi connectivity index (χ2v) is 12.0. The number of hydrogen-bond acceptors (Lipinski definition) is 5. The SMILES string of the molecule is CCCCCCCCCCCCCCCCCCOC[C@H](CO)OP(=O)(O)OCC[N+](C)(C)C. The lowest BCUT2D eigenvalue weighted by molar-refractivity contribution is -0.870. The van der Waals surface area contributed by atoms with Crippen LogP contribution in [0.3, 0.4) is 0 Å². The van der Waals surface area contributed by atoms with Gasteiger partial charge in [0.25, 0.3) is 0 Å². The summed E-state index contributed by atoms with van der Waals surface area (Å²) in [6.45, 7) is 3.22. The van der Waals surface area contributed by atoms with Crippen LogP contribution in [0.4, 0.5) is 0 Å². The predicted molar refractivity (Wildman–Crippen MR) is 141 cm³/mol. The molecule has 0 radical (unpaired) electrons. The molecule has 0 aromatic carbocycles. The van der Waals surface area contributed by atoms with Crippen molar-refractivity contribution in [1.82, 2.24) is 0 Å². The molecule has 1 unspecified atom stereocenters. The highest BCUT2D eigenvalue weighted by Crippen LogP contribution is 2.44. The lowest BCUT2D eigenvalue weighted by Gasteiger charge is -2.24. The van der Waals surface area contributed by atoms with E-state index in [0.717, 1.165) is 12.8 Å². The third-order valence-corrected chi connectivity index (χ3v) is 7.02. The van der Waals surface area contributed by atoms with Gasteiger partial charge < -0.3 is 19.2 Å². The number of phosphoric acid groups is 1. The van der Waals surface area contributed by atoms with Crippen LogP contribution in [0.25, 0.3) is 0 Å². The first-order valence-electron chi connectivity index (χ1n) is 13.8. The topological polar surface area (TPSA) is 85.2 Å². The molecule has 0 aliphatic heterocycles. The van der Waals surface area contributed by atoms with Gasteiger partial charge >= 0.3 is 7.82 Å². The molecular formula is C26H57NO6P+. The minimum atomic E-state index is -4.20. The molecule has 0 fully saturated rings. The van der Waals surface area contributed by atoms with E-state index < -0.39 is 13.9 Å². The number of ether oxygens (including phenoxy) is 1. The van der Waals surface area contributed by atoms with Crippen LogP contribution < -0.4 is 0 Å². The van der Waals surface area contributed by atoms with E-state index in [-0.39, 0.29) is 19.8 Å². The number of aliphatic hydroxyl groups is 1. The van der Waals surface area contributed by atoms with E-state index in [1.807, 2.05) is 21.1 Å². The molecule has 0 heterocycles. The summed E-state index contributed by atoms with van der Waals surface area (Å²) in [7, 11) is 1.71. The fraction of sp³-hybridized carbons (Fsp3) is 1.00. The Labute approximate surface area is 210 Å². The number of nitrogens with zero attached hydrogens (tertiary/aromatic N) is 1. The Balaban J connectivity index is 3.49. The quantitative estimate of drug-likeness (QED) is 0.0788. The van der Waals surface area contributed by atoms with Crippen molar-refractivity contribution in [2.45, 2.75) is 116 Å². The molecule has 0 aromatic heterocycles. The Morgan fingerprint density at radius 2 is 1.18 bits per heavy atom. The Kier molecular flexibility index (Phi) is 22.2. The van der Waals surface area contributed by atoms with Gasteiger partial charge in [-0.15, -0.1) is 0 Å².